The van der Waals surface area contributed by atoms with Crippen LogP contribution in [0.3, 0.4) is 0 Å². The Balaban J connectivity index is 2.25. The number of nitrogens with one attached hydrogen (secondary N) is 1. The van der Waals surface area contributed by atoms with Crippen molar-refractivity contribution < 1.29 is 13.2 Å². The molecule has 2 rings (SSSR count). The number of aryl methyl sites for hydroxylation is 1. The molecule has 1 amide bonds. The van der Waals surface area contributed by atoms with Crippen LogP contribution in [0.2, 0.25) is 0 Å². The summed E-state index contributed by atoms with van der Waals surface area (Å²) in [5.74, 6) is -0.366. The summed E-state index contributed by atoms with van der Waals surface area (Å²) in [6.07, 6.45) is 3.11. The number of sulfone groups is 1. The van der Waals surface area contributed by atoms with E-state index in [1.807, 2.05) is 12.1 Å². The number of benzene rings is 2. The van der Waals surface area contributed by atoms with Crippen molar-refractivity contribution >= 4 is 21.4 Å². The van der Waals surface area contributed by atoms with Crippen molar-refractivity contribution in [3.63, 3.8) is 0 Å². The normalized spacial score (nSPS) is 12.6. The van der Waals surface area contributed by atoms with E-state index in [4.69, 9.17) is 5.73 Å². The lowest BCUT2D eigenvalue weighted by molar-refractivity contribution is -0.117. The van der Waals surface area contributed by atoms with Crippen LogP contribution in [0.4, 0.5) is 5.69 Å². The minimum Gasteiger partial charge on any atom is -0.325 e. The van der Waals surface area contributed by atoms with Gasteiger partial charge in [-0.15, -0.1) is 0 Å². The Bertz CT molecular complexity index is 828. The highest BCUT2D eigenvalue weighted by Crippen LogP contribution is 2.24. The number of anilines is 1. The average Bonchev–Trinajstić information content (AvgIpc) is 2.60. The molecule has 2 aromatic rings. The van der Waals surface area contributed by atoms with Crippen LogP contribution in [0, 0.1) is 0 Å². The molecule has 3 N–H and O–H groups in total. The molecule has 1 atom stereocenters. The van der Waals surface area contributed by atoms with E-state index in [0.29, 0.717) is 5.69 Å². The zero-order chi connectivity index (χ0) is 18.4. The topological polar surface area (TPSA) is 89.3 Å². The van der Waals surface area contributed by atoms with Gasteiger partial charge in [-0.2, -0.15) is 0 Å². The highest BCUT2D eigenvalue weighted by molar-refractivity contribution is 7.91. The molecule has 134 valence electrons. The van der Waals surface area contributed by atoms with Gasteiger partial charge in [0.15, 0.2) is 0 Å². The molecule has 5 nitrogen and oxygen atoms in total. The van der Waals surface area contributed by atoms with Gasteiger partial charge in [0.1, 0.15) is 0 Å². The number of hydrogen-bond donors (Lipinski definition) is 2. The molecule has 0 bridgehead atoms. The zero-order valence-corrected chi connectivity index (χ0v) is 15.3. The first-order valence-corrected chi connectivity index (χ1v) is 9.83. The van der Waals surface area contributed by atoms with Gasteiger partial charge in [0, 0.05) is 5.69 Å². The summed E-state index contributed by atoms with van der Waals surface area (Å²) in [6.45, 7) is 3.69. The molecule has 6 heteroatoms. The van der Waals surface area contributed by atoms with E-state index < -0.39 is 15.9 Å². The monoisotopic (exact) mass is 360 g/mol. The molecule has 0 saturated heterocycles. The third kappa shape index (κ3) is 4.90. The Morgan fingerprint density at radius 2 is 1.80 bits per heavy atom. The Kier molecular flexibility index (Phi) is 6.33. The van der Waals surface area contributed by atoms with E-state index in [0.717, 1.165) is 24.8 Å². The van der Waals surface area contributed by atoms with Crippen LogP contribution in [0.25, 0.3) is 0 Å². The molecule has 0 aliphatic rings. The van der Waals surface area contributed by atoms with Crippen LogP contribution >= 0.6 is 0 Å². The van der Waals surface area contributed by atoms with Gasteiger partial charge in [-0.05, 0) is 55.7 Å². The smallest absolute Gasteiger partial charge is 0.240 e. The SMILES string of the molecule is CCCCc1ccc(S(=O)(=O)c2cccc(NC(=O)C(C)N)c2)cc1. The summed E-state index contributed by atoms with van der Waals surface area (Å²) >= 11 is 0. The van der Waals surface area contributed by atoms with Crippen molar-refractivity contribution in [3.8, 4) is 0 Å². The maximum Gasteiger partial charge on any atom is 0.240 e. The molecule has 0 aromatic heterocycles. The van der Waals surface area contributed by atoms with Gasteiger partial charge in [0.2, 0.25) is 15.7 Å². The molecule has 0 radical (unpaired) electrons. The lowest BCUT2D eigenvalue weighted by atomic mass is 10.1. The van der Waals surface area contributed by atoms with Crippen molar-refractivity contribution in [3.05, 3.63) is 54.1 Å². The first kappa shape index (κ1) is 19.1. The number of hydrogen-bond acceptors (Lipinski definition) is 4. The van der Waals surface area contributed by atoms with Gasteiger partial charge in [0.25, 0.3) is 0 Å². The second-order valence-electron chi connectivity index (χ2n) is 6.06. The van der Waals surface area contributed by atoms with Gasteiger partial charge in [0.05, 0.1) is 15.8 Å². The van der Waals surface area contributed by atoms with E-state index >= 15 is 0 Å². The Morgan fingerprint density at radius 3 is 2.40 bits per heavy atom. The van der Waals surface area contributed by atoms with Gasteiger partial charge in [-0.1, -0.05) is 31.5 Å². The predicted octanol–water partition coefficient (Wildman–Crippen LogP) is 3.15. The van der Waals surface area contributed by atoms with Crippen LogP contribution in [0.15, 0.2) is 58.3 Å². The first-order valence-electron chi connectivity index (χ1n) is 8.35. The summed E-state index contributed by atoms with van der Waals surface area (Å²) < 4.78 is 25.6. The van der Waals surface area contributed by atoms with Gasteiger partial charge in [-0.3, -0.25) is 4.79 Å². The lowest BCUT2D eigenvalue weighted by Gasteiger charge is -2.10. The number of nitrogens with two attached hydrogens (primary N) is 1. The summed E-state index contributed by atoms with van der Waals surface area (Å²) in [5, 5.41) is 2.61. The van der Waals surface area contributed by atoms with Crippen LogP contribution in [0.5, 0.6) is 0 Å². The Morgan fingerprint density at radius 1 is 1.12 bits per heavy atom. The van der Waals surface area contributed by atoms with Crippen LogP contribution < -0.4 is 11.1 Å². The number of carbonyl (C=O) groups excluding carboxylic acids is 1. The summed E-state index contributed by atoms with van der Waals surface area (Å²) in [7, 11) is -3.64. The molecule has 0 saturated carbocycles. The Hall–Kier alpha value is -2.18. The van der Waals surface area contributed by atoms with E-state index in [9.17, 15) is 13.2 Å². The third-order valence-electron chi connectivity index (χ3n) is 3.88. The van der Waals surface area contributed by atoms with E-state index in [-0.39, 0.29) is 15.7 Å². The molecule has 0 aliphatic carbocycles. The number of rotatable bonds is 7. The number of amides is 1. The first-order chi connectivity index (χ1) is 11.8. The molecule has 0 heterocycles. The van der Waals surface area contributed by atoms with E-state index in [2.05, 4.69) is 12.2 Å². The molecule has 2 aromatic carbocycles. The summed E-state index contributed by atoms with van der Waals surface area (Å²) in [5.41, 5.74) is 7.05. The van der Waals surface area contributed by atoms with Crippen molar-refractivity contribution in [1.29, 1.82) is 0 Å². The average molecular weight is 360 g/mol. The molecule has 25 heavy (non-hydrogen) atoms. The maximum atomic E-state index is 12.8. The minimum atomic E-state index is -3.64. The minimum absolute atomic E-state index is 0.135. The highest BCUT2D eigenvalue weighted by Gasteiger charge is 2.18. The fourth-order valence-electron chi connectivity index (χ4n) is 2.35. The molecule has 0 fully saturated rings. The molecular formula is C19H24N2O3S. The molecule has 0 spiro atoms. The number of carbonyl (C=O) groups is 1. The molecular weight excluding hydrogens is 336 g/mol. The largest absolute Gasteiger partial charge is 0.325 e. The standard InChI is InChI=1S/C19H24N2O3S/c1-3-4-6-15-9-11-17(12-10-15)25(23,24)18-8-5-7-16(13-18)21-19(22)14(2)20/h5,7-14H,3-4,6,20H2,1-2H3,(H,21,22). The number of unbranched alkanes of at least 4 members (excludes halogenated alkanes) is 1. The predicted molar refractivity (Wildman–Crippen MR) is 99.2 cm³/mol. The van der Waals surface area contributed by atoms with Crippen molar-refractivity contribution in [1.82, 2.24) is 0 Å². The quantitative estimate of drug-likeness (QED) is 0.794. The van der Waals surface area contributed by atoms with Crippen molar-refractivity contribution in [2.24, 2.45) is 5.73 Å². The van der Waals surface area contributed by atoms with Crippen molar-refractivity contribution in [2.45, 2.75) is 48.9 Å². The fraction of sp³-hybridized carbons (Fsp3) is 0.316. The summed E-state index contributed by atoms with van der Waals surface area (Å²) in [4.78, 5) is 12.1. The zero-order valence-electron chi connectivity index (χ0n) is 14.5. The third-order valence-corrected chi connectivity index (χ3v) is 5.65. The fourth-order valence-corrected chi connectivity index (χ4v) is 3.66. The van der Waals surface area contributed by atoms with E-state index in [1.165, 1.54) is 12.1 Å². The van der Waals surface area contributed by atoms with Crippen LogP contribution in [-0.4, -0.2) is 20.4 Å². The maximum absolute atomic E-state index is 12.8. The van der Waals surface area contributed by atoms with Gasteiger partial charge in [-0.25, -0.2) is 8.42 Å². The Labute approximate surface area is 149 Å². The van der Waals surface area contributed by atoms with Crippen LogP contribution in [0.1, 0.15) is 32.3 Å². The summed E-state index contributed by atoms with van der Waals surface area (Å²) in [6, 6.07) is 12.5. The van der Waals surface area contributed by atoms with Gasteiger partial charge < -0.3 is 11.1 Å². The molecule has 0 aliphatic heterocycles. The highest BCUT2D eigenvalue weighted by atomic mass is 32.2. The van der Waals surface area contributed by atoms with Gasteiger partial charge >= 0.3 is 0 Å². The second kappa shape index (κ2) is 8.27. The van der Waals surface area contributed by atoms with Crippen molar-refractivity contribution in [2.75, 3.05) is 5.32 Å². The molecule has 1 unspecified atom stereocenters. The van der Waals surface area contributed by atoms with E-state index in [1.54, 1.807) is 31.2 Å². The second-order valence-corrected chi connectivity index (χ2v) is 8.01. The van der Waals surface area contributed by atoms with Crippen LogP contribution in [-0.2, 0) is 21.1 Å². The lowest BCUT2D eigenvalue weighted by Crippen LogP contribution is -2.32.